The maximum Gasteiger partial charge on any atom is 0.142 e. The van der Waals surface area contributed by atoms with Gasteiger partial charge in [-0.2, -0.15) is 0 Å². The summed E-state index contributed by atoms with van der Waals surface area (Å²) in [7, 11) is 0. The molecule has 0 aliphatic carbocycles. The number of hydrogen-bond acceptors (Lipinski definition) is 2. The molecule has 1 atom stereocenters. The van der Waals surface area contributed by atoms with Crippen molar-refractivity contribution in [1.82, 2.24) is 0 Å². The smallest absolute Gasteiger partial charge is 0.142 e. The van der Waals surface area contributed by atoms with Crippen LogP contribution in [0.15, 0.2) is 12.1 Å². The molecule has 112 valence electrons. The summed E-state index contributed by atoms with van der Waals surface area (Å²) < 4.78 is 11.8. The number of benzene rings is 1. The molecule has 0 spiro atoms. The maximum atomic E-state index is 6.36. The fourth-order valence-electron chi connectivity index (χ4n) is 2.64. The molecule has 1 aliphatic rings. The number of hydrogen-bond donors (Lipinski definition) is 0. The zero-order chi connectivity index (χ0) is 14.4. The van der Waals surface area contributed by atoms with Gasteiger partial charge in [-0.1, -0.05) is 44.7 Å². The molecule has 3 heteroatoms. The van der Waals surface area contributed by atoms with Gasteiger partial charge in [-0.3, -0.25) is 0 Å². The molecule has 0 fully saturated rings. The molecule has 1 aromatic rings. The Hall–Kier alpha value is -0.890. The lowest BCUT2D eigenvalue weighted by molar-refractivity contribution is 0.175. The van der Waals surface area contributed by atoms with Gasteiger partial charge in [-0.05, 0) is 37.3 Å². The van der Waals surface area contributed by atoms with E-state index >= 15 is 0 Å². The van der Waals surface area contributed by atoms with Gasteiger partial charge in [0.1, 0.15) is 11.5 Å². The van der Waals surface area contributed by atoms with Crippen LogP contribution in [0.5, 0.6) is 11.5 Å². The predicted molar refractivity (Wildman–Crippen MR) is 84.1 cm³/mol. The van der Waals surface area contributed by atoms with Crippen molar-refractivity contribution in [3.8, 4) is 11.5 Å². The third-order valence-electron chi connectivity index (χ3n) is 3.75. The fraction of sp³-hybridized carbons (Fsp3) is 0.647. The van der Waals surface area contributed by atoms with Gasteiger partial charge >= 0.3 is 0 Å². The summed E-state index contributed by atoms with van der Waals surface area (Å²) in [5.74, 6) is 1.73. The zero-order valence-corrected chi connectivity index (χ0v) is 13.3. The standard InChI is InChI=1S/C17H25ClO2/c1-3-5-9-14(7-4-2)20-17-12-16-13(11-15(17)18)8-6-10-19-16/h11-12,14H,3-10H2,1-2H3. The monoisotopic (exact) mass is 296 g/mol. The minimum Gasteiger partial charge on any atom is -0.493 e. The second-order valence-electron chi connectivity index (χ2n) is 5.51. The van der Waals surface area contributed by atoms with E-state index in [-0.39, 0.29) is 6.10 Å². The Labute approximate surface area is 127 Å². The lowest BCUT2D eigenvalue weighted by Gasteiger charge is -2.22. The summed E-state index contributed by atoms with van der Waals surface area (Å²) in [5, 5.41) is 0.715. The molecule has 1 aromatic carbocycles. The second-order valence-corrected chi connectivity index (χ2v) is 5.92. The van der Waals surface area contributed by atoms with E-state index in [4.69, 9.17) is 21.1 Å². The van der Waals surface area contributed by atoms with Crippen LogP contribution in [0.2, 0.25) is 5.02 Å². The summed E-state index contributed by atoms with van der Waals surface area (Å²) in [4.78, 5) is 0. The SMILES string of the molecule is CCCCC(CCC)Oc1cc2c(cc1Cl)CCCO2. The number of halogens is 1. The average molecular weight is 297 g/mol. The maximum absolute atomic E-state index is 6.36. The van der Waals surface area contributed by atoms with E-state index < -0.39 is 0 Å². The van der Waals surface area contributed by atoms with Gasteiger partial charge < -0.3 is 9.47 Å². The van der Waals surface area contributed by atoms with Gasteiger partial charge in [0.15, 0.2) is 0 Å². The Morgan fingerprint density at radius 1 is 1.25 bits per heavy atom. The van der Waals surface area contributed by atoms with Crippen molar-refractivity contribution in [2.75, 3.05) is 6.61 Å². The van der Waals surface area contributed by atoms with E-state index in [9.17, 15) is 0 Å². The van der Waals surface area contributed by atoms with Gasteiger partial charge in [-0.25, -0.2) is 0 Å². The Morgan fingerprint density at radius 3 is 2.85 bits per heavy atom. The van der Waals surface area contributed by atoms with E-state index in [0.717, 1.165) is 50.2 Å². The van der Waals surface area contributed by atoms with Crippen molar-refractivity contribution in [1.29, 1.82) is 0 Å². The zero-order valence-electron chi connectivity index (χ0n) is 12.6. The van der Waals surface area contributed by atoms with Crippen LogP contribution in [0.1, 0.15) is 57.9 Å². The first-order valence-electron chi connectivity index (χ1n) is 7.86. The quantitative estimate of drug-likeness (QED) is 0.670. The fourth-order valence-corrected chi connectivity index (χ4v) is 2.87. The number of fused-ring (bicyclic) bond motifs is 1. The van der Waals surface area contributed by atoms with Crippen LogP contribution in [0.25, 0.3) is 0 Å². The van der Waals surface area contributed by atoms with Crippen molar-refractivity contribution in [3.05, 3.63) is 22.7 Å². The van der Waals surface area contributed by atoms with Crippen molar-refractivity contribution in [2.45, 2.75) is 64.9 Å². The Morgan fingerprint density at radius 2 is 2.10 bits per heavy atom. The van der Waals surface area contributed by atoms with Crippen LogP contribution in [-0.4, -0.2) is 12.7 Å². The van der Waals surface area contributed by atoms with E-state index in [0.29, 0.717) is 5.02 Å². The van der Waals surface area contributed by atoms with Crippen molar-refractivity contribution < 1.29 is 9.47 Å². The molecule has 0 saturated carbocycles. The molecule has 1 aliphatic heterocycles. The Kier molecular flexibility index (Phi) is 6.03. The van der Waals surface area contributed by atoms with Gasteiger partial charge in [0.25, 0.3) is 0 Å². The highest BCUT2D eigenvalue weighted by atomic mass is 35.5. The molecule has 0 bridgehead atoms. The lowest BCUT2D eigenvalue weighted by Crippen LogP contribution is -2.17. The number of unbranched alkanes of at least 4 members (excludes halogenated alkanes) is 1. The average Bonchev–Trinajstić information content (AvgIpc) is 2.45. The van der Waals surface area contributed by atoms with E-state index in [1.165, 1.54) is 18.4 Å². The summed E-state index contributed by atoms with van der Waals surface area (Å²) in [6, 6.07) is 3.99. The van der Waals surface area contributed by atoms with Crippen LogP contribution in [0, 0.1) is 0 Å². The first kappa shape index (κ1) is 15.5. The molecule has 20 heavy (non-hydrogen) atoms. The Bertz CT molecular complexity index is 431. The van der Waals surface area contributed by atoms with Gasteiger partial charge in [-0.15, -0.1) is 0 Å². The first-order valence-corrected chi connectivity index (χ1v) is 8.24. The second kappa shape index (κ2) is 7.78. The highest BCUT2D eigenvalue weighted by Gasteiger charge is 2.17. The molecule has 2 rings (SSSR count). The lowest BCUT2D eigenvalue weighted by atomic mass is 10.1. The summed E-state index contributed by atoms with van der Waals surface area (Å²) in [6.07, 6.45) is 8.08. The van der Waals surface area contributed by atoms with Gasteiger partial charge in [0.2, 0.25) is 0 Å². The molecular weight excluding hydrogens is 272 g/mol. The van der Waals surface area contributed by atoms with Crippen LogP contribution < -0.4 is 9.47 Å². The first-order chi connectivity index (χ1) is 9.74. The number of rotatable bonds is 7. The minimum absolute atomic E-state index is 0.263. The summed E-state index contributed by atoms with van der Waals surface area (Å²) >= 11 is 6.36. The Balaban J connectivity index is 2.10. The summed E-state index contributed by atoms with van der Waals surface area (Å²) in [5.41, 5.74) is 1.20. The highest BCUT2D eigenvalue weighted by molar-refractivity contribution is 6.32. The van der Waals surface area contributed by atoms with Crippen LogP contribution >= 0.6 is 11.6 Å². The van der Waals surface area contributed by atoms with Crippen molar-refractivity contribution >= 4 is 11.6 Å². The van der Waals surface area contributed by atoms with Crippen LogP contribution in [0.3, 0.4) is 0 Å². The molecule has 0 saturated heterocycles. The van der Waals surface area contributed by atoms with Gasteiger partial charge in [0.05, 0.1) is 17.7 Å². The van der Waals surface area contributed by atoms with Crippen LogP contribution in [0.4, 0.5) is 0 Å². The van der Waals surface area contributed by atoms with E-state index in [1.54, 1.807) is 0 Å². The molecule has 1 heterocycles. The molecule has 1 unspecified atom stereocenters. The molecule has 0 amide bonds. The number of ether oxygens (including phenoxy) is 2. The highest BCUT2D eigenvalue weighted by Crippen LogP contribution is 2.36. The van der Waals surface area contributed by atoms with Gasteiger partial charge in [0, 0.05) is 6.07 Å². The van der Waals surface area contributed by atoms with Crippen molar-refractivity contribution in [2.24, 2.45) is 0 Å². The summed E-state index contributed by atoms with van der Waals surface area (Å²) in [6.45, 7) is 5.20. The topological polar surface area (TPSA) is 18.5 Å². The normalized spacial score (nSPS) is 15.3. The largest absolute Gasteiger partial charge is 0.493 e. The number of aryl methyl sites for hydroxylation is 1. The predicted octanol–water partition coefficient (Wildman–Crippen LogP) is 5.40. The third kappa shape index (κ3) is 4.05. The molecular formula is C17H25ClO2. The van der Waals surface area contributed by atoms with E-state index in [2.05, 4.69) is 13.8 Å². The molecule has 0 radical (unpaired) electrons. The van der Waals surface area contributed by atoms with E-state index in [1.807, 2.05) is 12.1 Å². The van der Waals surface area contributed by atoms with Crippen molar-refractivity contribution in [3.63, 3.8) is 0 Å². The molecule has 2 nitrogen and oxygen atoms in total. The van der Waals surface area contributed by atoms with Crippen LogP contribution in [-0.2, 0) is 6.42 Å². The molecule has 0 N–H and O–H groups in total. The molecule has 0 aromatic heterocycles. The third-order valence-corrected chi connectivity index (χ3v) is 4.04. The minimum atomic E-state index is 0.263.